The number of carboxylic acid groups (broad SMARTS) is 1. The van der Waals surface area contributed by atoms with Crippen LogP contribution in [0.15, 0.2) is 11.6 Å². The van der Waals surface area contributed by atoms with Crippen LogP contribution in [-0.2, 0) is 9.53 Å². The number of hydrogen-bond donors (Lipinski definition) is 1. The average Bonchev–Trinajstić information content (AvgIpc) is 2.86. The molecule has 3 nitrogen and oxygen atoms in total. The van der Waals surface area contributed by atoms with Crippen LogP contribution in [0.5, 0.6) is 0 Å². The summed E-state index contributed by atoms with van der Waals surface area (Å²) < 4.78 is 4.73. The highest BCUT2D eigenvalue weighted by molar-refractivity contribution is 6.18. The molecule has 0 bridgehead atoms. The molecule has 1 heterocycles. The summed E-state index contributed by atoms with van der Waals surface area (Å²) >= 11 is 5.27. The van der Waals surface area contributed by atoms with Crippen molar-refractivity contribution < 1.29 is 14.6 Å². The van der Waals surface area contributed by atoms with Crippen LogP contribution in [0.2, 0.25) is 0 Å². The fourth-order valence-electron chi connectivity index (χ4n) is 0.281. The van der Waals surface area contributed by atoms with Crippen LogP contribution in [0, 0.1) is 0 Å². The molecule has 1 saturated heterocycles. The SMILES string of the molecule is C/C=C(\C)C(=O)O.ClCC1CO1. The monoisotopic (exact) mass is 192 g/mol. The minimum Gasteiger partial charge on any atom is -0.478 e. The summed E-state index contributed by atoms with van der Waals surface area (Å²) in [5.41, 5.74) is 0.389. The van der Waals surface area contributed by atoms with E-state index in [0.717, 1.165) is 6.61 Å². The maximum atomic E-state index is 9.86. The van der Waals surface area contributed by atoms with Gasteiger partial charge in [0.2, 0.25) is 0 Å². The van der Waals surface area contributed by atoms with Crippen molar-refractivity contribution in [3.05, 3.63) is 11.6 Å². The van der Waals surface area contributed by atoms with Crippen LogP contribution >= 0.6 is 11.6 Å². The Bertz CT molecular complexity index is 173. The number of alkyl halides is 1. The molecule has 1 fully saturated rings. The number of aliphatic carboxylic acids is 1. The number of epoxide rings is 1. The van der Waals surface area contributed by atoms with Crippen molar-refractivity contribution in [1.82, 2.24) is 0 Å². The van der Waals surface area contributed by atoms with Crippen molar-refractivity contribution in [3.8, 4) is 0 Å². The lowest BCUT2D eigenvalue weighted by Crippen LogP contribution is -1.93. The first-order valence-corrected chi connectivity index (χ1v) is 4.19. The third kappa shape index (κ3) is 6.19. The first-order valence-electron chi connectivity index (χ1n) is 3.65. The van der Waals surface area contributed by atoms with Gasteiger partial charge >= 0.3 is 5.97 Å². The fourth-order valence-corrected chi connectivity index (χ4v) is 0.459. The highest BCUT2D eigenvalue weighted by atomic mass is 35.5. The van der Waals surface area contributed by atoms with E-state index in [-0.39, 0.29) is 0 Å². The zero-order valence-electron chi connectivity index (χ0n) is 7.21. The van der Waals surface area contributed by atoms with E-state index in [1.165, 1.54) is 0 Å². The van der Waals surface area contributed by atoms with Gasteiger partial charge in [0.25, 0.3) is 0 Å². The maximum Gasteiger partial charge on any atom is 0.330 e. The summed E-state index contributed by atoms with van der Waals surface area (Å²) in [6, 6.07) is 0. The Balaban J connectivity index is 0.000000211. The van der Waals surface area contributed by atoms with Gasteiger partial charge in [-0.15, -0.1) is 11.6 Å². The van der Waals surface area contributed by atoms with E-state index >= 15 is 0 Å². The molecule has 1 unspecified atom stereocenters. The van der Waals surface area contributed by atoms with Crippen LogP contribution in [0.3, 0.4) is 0 Å². The quantitative estimate of drug-likeness (QED) is 0.411. The minimum absolute atomic E-state index is 0.389. The molecule has 12 heavy (non-hydrogen) atoms. The van der Waals surface area contributed by atoms with Crippen molar-refractivity contribution in [2.75, 3.05) is 12.5 Å². The number of allylic oxidation sites excluding steroid dienone is 1. The van der Waals surface area contributed by atoms with Gasteiger partial charge < -0.3 is 9.84 Å². The molecule has 0 aliphatic carbocycles. The number of ether oxygens (including phenoxy) is 1. The highest BCUT2D eigenvalue weighted by Gasteiger charge is 2.19. The second-order valence-electron chi connectivity index (χ2n) is 2.39. The highest BCUT2D eigenvalue weighted by Crippen LogP contribution is 2.08. The lowest BCUT2D eigenvalue weighted by atomic mass is 10.3. The summed E-state index contributed by atoms with van der Waals surface area (Å²) in [5, 5.41) is 8.11. The van der Waals surface area contributed by atoms with Crippen molar-refractivity contribution in [2.24, 2.45) is 0 Å². The van der Waals surface area contributed by atoms with Crippen molar-refractivity contribution in [1.29, 1.82) is 0 Å². The van der Waals surface area contributed by atoms with Crippen molar-refractivity contribution in [3.63, 3.8) is 0 Å². The number of hydrogen-bond acceptors (Lipinski definition) is 2. The van der Waals surface area contributed by atoms with E-state index in [1.54, 1.807) is 19.9 Å². The molecule has 1 atom stereocenters. The average molecular weight is 193 g/mol. The summed E-state index contributed by atoms with van der Waals surface area (Å²) in [6.45, 7) is 4.13. The molecular weight excluding hydrogens is 180 g/mol. The molecule has 0 aromatic carbocycles. The Kier molecular flexibility index (Phi) is 5.76. The van der Waals surface area contributed by atoms with Crippen LogP contribution in [0.4, 0.5) is 0 Å². The molecular formula is C8H13ClO3. The second-order valence-corrected chi connectivity index (χ2v) is 2.70. The predicted molar refractivity (Wildman–Crippen MR) is 47.5 cm³/mol. The van der Waals surface area contributed by atoms with Gasteiger partial charge in [-0.1, -0.05) is 6.08 Å². The van der Waals surface area contributed by atoms with Crippen LogP contribution < -0.4 is 0 Å². The molecule has 0 spiro atoms. The number of carbonyl (C=O) groups is 1. The third-order valence-electron chi connectivity index (χ3n) is 1.34. The zero-order valence-corrected chi connectivity index (χ0v) is 7.97. The summed E-state index contributed by atoms with van der Waals surface area (Å²) in [6.07, 6.45) is 1.96. The molecule has 0 aromatic rings. The minimum atomic E-state index is -0.845. The van der Waals surface area contributed by atoms with Crippen LogP contribution in [0.25, 0.3) is 0 Å². The van der Waals surface area contributed by atoms with Gasteiger partial charge in [0, 0.05) is 5.57 Å². The van der Waals surface area contributed by atoms with Crippen molar-refractivity contribution >= 4 is 17.6 Å². The normalized spacial score (nSPS) is 20.9. The smallest absolute Gasteiger partial charge is 0.330 e. The lowest BCUT2D eigenvalue weighted by molar-refractivity contribution is -0.132. The number of rotatable bonds is 2. The Morgan fingerprint density at radius 3 is 2.33 bits per heavy atom. The van der Waals surface area contributed by atoms with E-state index in [2.05, 4.69) is 0 Å². The van der Waals surface area contributed by atoms with Gasteiger partial charge in [-0.3, -0.25) is 0 Å². The Labute approximate surface area is 77.0 Å². The molecule has 4 heteroatoms. The number of halogens is 1. The lowest BCUT2D eigenvalue weighted by Gasteiger charge is -1.84. The van der Waals surface area contributed by atoms with Gasteiger partial charge in [0.15, 0.2) is 0 Å². The van der Waals surface area contributed by atoms with Crippen LogP contribution in [-0.4, -0.2) is 29.7 Å². The number of carboxylic acids is 1. The van der Waals surface area contributed by atoms with Gasteiger partial charge in [-0.05, 0) is 13.8 Å². The Hall–Kier alpha value is -0.540. The molecule has 70 valence electrons. The summed E-state index contributed by atoms with van der Waals surface area (Å²) in [4.78, 5) is 9.86. The van der Waals surface area contributed by atoms with E-state index in [9.17, 15) is 4.79 Å². The first-order chi connectivity index (χ1) is 5.61. The summed E-state index contributed by atoms with van der Waals surface area (Å²) in [5.74, 6) is -0.178. The molecule has 1 rings (SSSR count). The van der Waals surface area contributed by atoms with E-state index in [1.807, 2.05) is 0 Å². The molecule has 0 amide bonds. The topological polar surface area (TPSA) is 49.8 Å². The van der Waals surface area contributed by atoms with Gasteiger partial charge in [0.05, 0.1) is 18.6 Å². The molecule has 0 saturated carbocycles. The molecule has 1 aliphatic heterocycles. The van der Waals surface area contributed by atoms with Gasteiger partial charge in [-0.2, -0.15) is 0 Å². The van der Waals surface area contributed by atoms with Crippen LogP contribution in [0.1, 0.15) is 13.8 Å². The largest absolute Gasteiger partial charge is 0.478 e. The molecule has 0 radical (unpaired) electrons. The maximum absolute atomic E-state index is 9.86. The molecule has 0 aromatic heterocycles. The summed E-state index contributed by atoms with van der Waals surface area (Å²) in [7, 11) is 0. The van der Waals surface area contributed by atoms with E-state index in [0.29, 0.717) is 17.6 Å². The third-order valence-corrected chi connectivity index (χ3v) is 1.69. The first kappa shape index (κ1) is 11.5. The Morgan fingerprint density at radius 2 is 2.33 bits per heavy atom. The fraction of sp³-hybridized carbons (Fsp3) is 0.625. The van der Waals surface area contributed by atoms with Gasteiger partial charge in [-0.25, -0.2) is 4.79 Å². The second kappa shape index (κ2) is 6.03. The van der Waals surface area contributed by atoms with E-state index < -0.39 is 5.97 Å². The standard InChI is InChI=1S/C5H8O2.C3H5ClO/c1-3-4(2)5(6)7;4-1-3-2-5-3/h3H,1-2H3,(H,6,7);3H,1-2H2/b4-3+;. The van der Waals surface area contributed by atoms with Gasteiger partial charge in [0.1, 0.15) is 0 Å². The molecule has 1 N–H and O–H groups in total. The Morgan fingerprint density at radius 1 is 1.83 bits per heavy atom. The molecule has 1 aliphatic rings. The van der Waals surface area contributed by atoms with Crippen molar-refractivity contribution in [2.45, 2.75) is 20.0 Å². The van der Waals surface area contributed by atoms with E-state index in [4.69, 9.17) is 21.4 Å². The predicted octanol–water partition coefficient (Wildman–Crippen LogP) is 1.66. The zero-order chi connectivity index (χ0) is 9.56.